The Bertz CT molecular complexity index is 750. The van der Waals surface area contributed by atoms with E-state index in [0.717, 1.165) is 21.7 Å². The fourth-order valence-electron chi connectivity index (χ4n) is 2.85. The van der Waals surface area contributed by atoms with E-state index in [2.05, 4.69) is 53.7 Å². The Morgan fingerprint density at radius 1 is 0.880 bits per heavy atom. The van der Waals surface area contributed by atoms with Gasteiger partial charge >= 0.3 is 0 Å². The van der Waals surface area contributed by atoms with Crippen molar-refractivity contribution in [3.63, 3.8) is 0 Å². The molecule has 0 fully saturated rings. The minimum atomic E-state index is -0.515. The minimum Gasteiger partial charge on any atom is -0.507 e. The Hall–Kier alpha value is -1.37. The van der Waals surface area contributed by atoms with Crippen LogP contribution in [0.15, 0.2) is 36.4 Å². The van der Waals surface area contributed by atoms with Gasteiger partial charge in [-0.1, -0.05) is 80.5 Å². The third kappa shape index (κ3) is 4.63. The van der Waals surface area contributed by atoms with Crippen molar-refractivity contribution in [3.8, 4) is 5.75 Å². The molecule has 25 heavy (non-hydrogen) atoms. The van der Waals surface area contributed by atoms with Gasteiger partial charge in [0.1, 0.15) is 5.75 Å². The first-order valence-electron chi connectivity index (χ1n) is 8.83. The number of aromatic hydroxyl groups is 1. The number of hydrogen-bond donors (Lipinski definition) is 2. The Balaban J connectivity index is 2.62. The van der Waals surface area contributed by atoms with Crippen LogP contribution in [0.1, 0.15) is 71.3 Å². The molecule has 0 bridgehead atoms. The third-order valence-electron chi connectivity index (χ3n) is 4.46. The first-order chi connectivity index (χ1) is 11.4. The second-order valence-electron chi connectivity index (χ2n) is 8.81. The van der Waals surface area contributed by atoms with Crippen LogP contribution in [-0.2, 0) is 10.8 Å². The maximum atomic E-state index is 10.9. The summed E-state index contributed by atoms with van der Waals surface area (Å²) in [4.78, 5) is 0. The van der Waals surface area contributed by atoms with Crippen molar-refractivity contribution in [2.45, 2.75) is 65.4 Å². The van der Waals surface area contributed by atoms with Gasteiger partial charge in [0.25, 0.3) is 0 Å². The van der Waals surface area contributed by atoms with Crippen molar-refractivity contribution in [2.75, 3.05) is 0 Å². The molecule has 2 aromatic rings. The lowest BCUT2D eigenvalue weighted by molar-refractivity contribution is 0.200. The topological polar surface area (TPSA) is 40.5 Å². The number of benzene rings is 2. The van der Waals surface area contributed by atoms with E-state index in [4.69, 9.17) is 0 Å². The number of hydrogen-bond acceptors (Lipinski definition) is 2. The number of aliphatic hydroxyl groups excluding tert-OH is 1. The van der Waals surface area contributed by atoms with Crippen molar-refractivity contribution >= 4 is 19.2 Å². The maximum absolute atomic E-state index is 10.9. The van der Waals surface area contributed by atoms with Gasteiger partial charge in [-0.05, 0) is 40.3 Å². The van der Waals surface area contributed by atoms with E-state index in [-0.39, 0.29) is 10.8 Å². The molecule has 136 valence electrons. The zero-order valence-electron chi connectivity index (χ0n) is 16.4. The lowest BCUT2D eigenvalue weighted by Gasteiger charge is -2.27. The van der Waals surface area contributed by atoms with Crippen LogP contribution in [0.4, 0.5) is 0 Å². The summed E-state index contributed by atoms with van der Waals surface area (Å²) in [6, 6.07) is 12.2. The molecule has 0 aliphatic rings. The molecule has 2 atom stereocenters. The summed E-state index contributed by atoms with van der Waals surface area (Å²) in [5.41, 5.74) is 3.02. The third-order valence-corrected chi connectivity index (χ3v) is 5.84. The monoisotopic (exact) mass is 358 g/mol. The van der Waals surface area contributed by atoms with E-state index < -0.39 is 6.10 Å². The highest BCUT2D eigenvalue weighted by atomic mass is 31.1. The molecule has 0 aliphatic heterocycles. The smallest absolute Gasteiger partial charge is 0.127 e. The van der Waals surface area contributed by atoms with Crippen molar-refractivity contribution in [1.82, 2.24) is 0 Å². The fraction of sp³-hybridized carbons (Fsp3) is 0.455. The van der Waals surface area contributed by atoms with Gasteiger partial charge in [-0.3, -0.25) is 0 Å². The summed E-state index contributed by atoms with van der Waals surface area (Å²) in [5, 5.41) is 23.0. The van der Waals surface area contributed by atoms with E-state index >= 15 is 0 Å². The van der Waals surface area contributed by atoms with Crippen LogP contribution >= 0.6 is 8.58 Å². The second-order valence-corrected chi connectivity index (χ2v) is 10.1. The highest BCUT2D eigenvalue weighted by molar-refractivity contribution is 7.55. The van der Waals surface area contributed by atoms with Crippen molar-refractivity contribution in [2.24, 2.45) is 0 Å². The normalized spacial score (nSPS) is 14.2. The van der Waals surface area contributed by atoms with Crippen LogP contribution in [0.2, 0.25) is 0 Å². The average molecular weight is 358 g/mol. The van der Waals surface area contributed by atoms with Gasteiger partial charge in [0.15, 0.2) is 0 Å². The first-order valence-corrected chi connectivity index (χ1v) is 9.83. The van der Waals surface area contributed by atoms with Gasteiger partial charge in [0, 0.05) is 10.9 Å². The van der Waals surface area contributed by atoms with Gasteiger partial charge in [-0.15, -0.1) is 0 Å². The van der Waals surface area contributed by atoms with Crippen LogP contribution in [0.3, 0.4) is 0 Å². The van der Waals surface area contributed by atoms with E-state index in [1.54, 1.807) is 6.92 Å². The van der Waals surface area contributed by atoms with E-state index in [1.807, 2.05) is 24.3 Å². The molecule has 2 N–H and O–H groups in total. The van der Waals surface area contributed by atoms with Crippen molar-refractivity contribution < 1.29 is 10.2 Å². The van der Waals surface area contributed by atoms with Gasteiger partial charge in [0.05, 0.1) is 6.10 Å². The zero-order valence-corrected chi connectivity index (χ0v) is 17.4. The van der Waals surface area contributed by atoms with Crippen LogP contribution in [0, 0.1) is 0 Å². The molecule has 3 heteroatoms. The first kappa shape index (κ1) is 19.9. The predicted octanol–water partition coefficient (Wildman–Crippen LogP) is 4.67. The molecule has 2 unspecified atom stereocenters. The number of phenolic OH excluding ortho intramolecular Hbond substituents is 1. The molecule has 0 aromatic heterocycles. The number of aliphatic hydroxyl groups is 1. The highest BCUT2D eigenvalue weighted by Gasteiger charge is 2.25. The van der Waals surface area contributed by atoms with E-state index in [0.29, 0.717) is 14.3 Å². The molecule has 0 amide bonds. The Labute approximate surface area is 154 Å². The quantitative estimate of drug-likeness (QED) is 0.783. The molecular weight excluding hydrogens is 327 g/mol. The maximum Gasteiger partial charge on any atom is 0.127 e. The summed E-state index contributed by atoms with van der Waals surface area (Å²) < 4.78 is 0. The fourth-order valence-corrected chi connectivity index (χ4v) is 4.24. The molecular formula is C22H31O2P. The average Bonchev–Trinajstić information content (AvgIpc) is 2.47. The lowest BCUT2D eigenvalue weighted by Crippen LogP contribution is -2.21. The van der Waals surface area contributed by atoms with Crippen LogP contribution in [0.5, 0.6) is 5.75 Å². The number of phenols is 1. The largest absolute Gasteiger partial charge is 0.507 e. The standard InChI is InChI=1S/C22H31O2P/c1-14(23)16-10-8-9-11-18(16)25-19-13-15(21(2,3)4)12-17(20(19)24)22(5,6)7/h8-14,23-25H,1-7H3. The summed E-state index contributed by atoms with van der Waals surface area (Å²) in [6.07, 6.45) is -0.515. The van der Waals surface area contributed by atoms with Crippen LogP contribution < -0.4 is 10.6 Å². The summed E-state index contributed by atoms with van der Waals surface area (Å²) >= 11 is 0. The predicted molar refractivity (Wildman–Crippen MR) is 110 cm³/mol. The Kier molecular flexibility index (Phi) is 5.66. The molecule has 2 rings (SSSR count). The second kappa shape index (κ2) is 7.09. The van der Waals surface area contributed by atoms with Gasteiger partial charge in [-0.2, -0.15) is 0 Å². The van der Waals surface area contributed by atoms with E-state index in [9.17, 15) is 10.2 Å². The number of rotatable bonds is 3. The molecule has 0 heterocycles. The lowest BCUT2D eigenvalue weighted by atomic mass is 9.80. The minimum absolute atomic E-state index is 0.0106. The van der Waals surface area contributed by atoms with Crippen LogP contribution in [0.25, 0.3) is 0 Å². The summed E-state index contributed by atoms with van der Waals surface area (Å²) in [5.74, 6) is 0.388. The summed E-state index contributed by atoms with van der Waals surface area (Å²) in [6.45, 7) is 14.8. The molecule has 0 spiro atoms. The molecule has 2 nitrogen and oxygen atoms in total. The Morgan fingerprint density at radius 3 is 2.00 bits per heavy atom. The molecule has 0 saturated carbocycles. The van der Waals surface area contributed by atoms with Gasteiger partial charge in [0.2, 0.25) is 0 Å². The molecule has 0 aliphatic carbocycles. The highest BCUT2D eigenvalue weighted by Crippen LogP contribution is 2.36. The van der Waals surface area contributed by atoms with Gasteiger partial charge < -0.3 is 10.2 Å². The summed E-state index contributed by atoms with van der Waals surface area (Å²) in [7, 11) is 0.308. The van der Waals surface area contributed by atoms with Crippen LogP contribution in [-0.4, -0.2) is 10.2 Å². The van der Waals surface area contributed by atoms with E-state index in [1.165, 1.54) is 5.56 Å². The van der Waals surface area contributed by atoms with Gasteiger partial charge in [-0.25, -0.2) is 0 Å². The molecule has 2 aromatic carbocycles. The molecule has 0 radical (unpaired) electrons. The molecule has 0 saturated heterocycles. The van der Waals surface area contributed by atoms with Crippen molar-refractivity contribution in [3.05, 3.63) is 53.1 Å². The Morgan fingerprint density at radius 2 is 1.48 bits per heavy atom. The zero-order chi connectivity index (χ0) is 19.0. The van der Waals surface area contributed by atoms with Crippen molar-refractivity contribution in [1.29, 1.82) is 0 Å². The SMILES string of the molecule is CC(O)c1ccccc1Pc1cc(C(C)(C)C)cc(C(C)(C)C)c1O.